The van der Waals surface area contributed by atoms with Crippen LogP contribution in [0.5, 0.6) is 0 Å². The highest BCUT2D eigenvalue weighted by molar-refractivity contribution is 6.30. The second kappa shape index (κ2) is 8.40. The number of nitrogens with one attached hydrogen (secondary N) is 2. The van der Waals surface area contributed by atoms with Crippen LogP contribution in [-0.2, 0) is 16.0 Å². The predicted octanol–water partition coefficient (Wildman–Crippen LogP) is 5.29. The first-order valence-electron chi connectivity index (χ1n) is 10.1. The van der Waals surface area contributed by atoms with Gasteiger partial charge in [-0.1, -0.05) is 42.8 Å². The number of anilines is 1. The molecule has 1 aliphatic rings. The number of aromatic nitrogens is 1. The second-order valence-electron chi connectivity index (χ2n) is 7.55. The van der Waals surface area contributed by atoms with Gasteiger partial charge < -0.3 is 15.0 Å². The molecule has 1 aromatic heterocycles. The van der Waals surface area contributed by atoms with Gasteiger partial charge in [-0.15, -0.1) is 0 Å². The van der Waals surface area contributed by atoms with E-state index in [1.165, 1.54) is 0 Å². The third kappa shape index (κ3) is 3.87. The van der Waals surface area contributed by atoms with Crippen molar-refractivity contribution < 1.29 is 14.3 Å². The number of fused-ring (bicyclic) bond motifs is 1. The minimum atomic E-state index is -0.316. The minimum Gasteiger partial charge on any atom is -0.447 e. The number of cyclic esters (lactones) is 1. The molecule has 0 spiro atoms. The van der Waals surface area contributed by atoms with E-state index < -0.39 is 0 Å². The van der Waals surface area contributed by atoms with Gasteiger partial charge in [-0.25, -0.2) is 4.79 Å². The van der Waals surface area contributed by atoms with E-state index in [1.54, 1.807) is 4.90 Å². The summed E-state index contributed by atoms with van der Waals surface area (Å²) in [6.07, 6.45) is 2.70. The summed E-state index contributed by atoms with van der Waals surface area (Å²) in [6, 6.07) is 13.1. The first-order valence-corrected chi connectivity index (χ1v) is 10.4. The van der Waals surface area contributed by atoms with E-state index in [4.69, 9.17) is 16.3 Å². The molecule has 0 aliphatic carbocycles. The minimum absolute atomic E-state index is 0.0313. The monoisotopic (exact) mass is 425 g/mol. The molecule has 1 saturated heterocycles. The molecule has 6 nitrogen and oxygen atoms in total. The molecule has 0 bridgehead atoms. The maximum atomic E-state index is 12.5. The lowest BCUT2D eigenvalue weighted by Gasteiger charge is -2.28. The zero-order valence-corrected chi connectivity index (χ0v) is 17.7. The largest absolute Gasteiger partial charge is 0.447 e. The van der Waals surface area contributed by atoms with Crippen LogP contribution >= 0.6 is 11.6 Å². The number of rotatable bonds is 6. The molecule has 0 radical (unpaired) electrons. The molecule has 0 unspecified atom stereocenters. The van der Waals surface area contributed by atoms with Crippen molar-refractivity contribution in [3.05, 3.63) is 64.8 Å². The summed E-state index contributed by atoms with van der Waals surface area (Å²) < 4.78 is 5.36. The predicted molar refractivity (Wildman–Crippen MR) is 118 cm³/mol. The summed E-state index contributed by atoms with van der Waals surface area (Å²) in [5, 5.41) is 4.60. The molecule has 2 N–H and O–H groups in total. The molecular weight excluding hydrogens is 402 g/mol. The number of hydrogen-bond acceptors (Lipinski definition) is 3. The molecule has 2 heterocycles. The van der Waals surface area contributed by atoms with Gasteiger partial charge in [0.25, 0.3) is 0 Å². The van der Waals surface area contributed by atoms with Crippen LogP contribution < -0.4 is 5.32 Å². The van der Waals surface area contributed by atoms with E-state index >= 15 is 0 Å². The van der Waals surface area contributed by atoms with Gasteiger partial charge in [-0.3, -0.25) is 9.69 Å². The number of H-pyrrole nitrogens is 1. The summed E-state index contributed by atoms with van der Waals surface area (Å²) in [5.41, 5.74) is 3.69. The van der Waals surface area contributed by atoms with Crippen LogP contribution in [-0.4, -0.2) is 34.5 Å². The van der Waals surface area contributed by atoms with Crippen LogP contribution in [0.3, 0.4) is 0 Å². The van der Waals surface area contributed by atoms with Crippen LogP contribution in [0.1, 0.15) is 37.4 Å². The number of ether oxygens (including phenoxy) is 1. The van der Waals surface area contributed by atoms with Gasteiger partial charge in [0.2, 0.25) is 5.91 Å². The van der Waals surface area contributed by atoms with E-state index in [0.29, 0.717) is 24.5 Å². The Morgan fingerprint density at radius 2 is 2.13 bits per heavy atom. The normalized spacial score (nSPS) is 17.2. The summed E-state index contributed by atoms with van der Waals surface area (Å²) in [6.45, 7) is 4.15. The van der Waals surface area contributed by atoms with E-state index in [1.807, 2.05) is 62.5 Å². The molecule has 2 amide bonds. The Kier molecular flexibility index (Phi) is 5.68. The van der Waals surface area contributed by atoms with Crippen LogP contribution in [0.15, 0.2) is 48.7 Å². The number of hydrogen-bond donors (Lipinski definition) is 2. The Morgan fingerprint density at radius 1 is 1.33 bits per heavy atom. The zero-order valence-electron chi connectivity index (χ0n) is 16.9. The van der Waals surface area contributed by atoms with Gasteiger partial charge in [-0.2, -0.15) is 0 Å². The molecular formula is C23H24ClN3O3. The number of halogens is 1. The molecule has 2 atom stereocenters. The lowest BCUT2D eigenvalue weighted by atomic mass is 10.0. The number of carbonyl (C=O) groups is 2. The van der Waals surface area contributed by atoms with Crippen LogP contribution in [0.2, 0.25) is 5.02 Å². The summed E-state index contributed by atoms with van der Waals surface area (Å²) in [7, 11) is 0. The first kappa shape index (κ1) is 20.3. The number of aromatic amines is 1. The third-order valence-corrected chi connectivity index (χ3v) is 5.77. The molecule has 2 aromatic carbocycles. The van der Waals surface area contributed by atoms with Gasteiger partial charge >= 0.3 is 6.09 Å². The Labute approximate surface area is 180 Å². The van der Waals surface area contributed by atoms with Crippen LogP contribution in [0.4, 0.5) is 10.5 Å². The van der Waals surface area contributed by atoms with Gasteiger partial charge in [0, 0.05) is 29.1 Å². The molecule has 1 fully saturated rings. The lowest BCUT2D eigenvalue weighted by Crippen LogP contribution is -2.37. The van der Waals surface area contributed by atoms with Gasteiger partial charge in [-0.05, 0) is 42.7 Å². The van der Waals surface area contributed by atoms with Crippen molar-refractivity contribution in [2.75, 3.05) is 11.9 Å². The van der Waals surface area contributed by atoms with Crippen molar-refractivity contribution in [3.63, 3.8) is 0 Å². The second-order valence-corrected chi connectivity index (χ2v) is 7.99. The maximum absolute atomic E-state index is 12.5. The fraction of sp³-hybridized carbons (Fsp3) is 0.304. The number of carbonyl (C=O) groups excluding carboxylic acids is 2. The zero-order chi connectivity index (χ0) is 21.3. The number of nitrogens with zero attached hydrogens (tertiary/aromatic N) is 1. The Bertz CT molecular complexity index is 1090. The standard InChI is InChI=1S/C23H24ClN3O3/c1-3-21(28)26-19-9-5-8-18-16(12-25-22(18)19)10-14(2)27-20(13-30-23(27)29)15-6-4-7-17(24)11-15/h4-9,11-12,14,20,25H,3,10,13H2,1-2H3,(H,26,28)/t14-,20+/m1/s1. The molecule has 7 heteroatoms. The fourth-order valence-electron chi connectivity index (χ4n) is 4.03. The highest BCUT2D eigenvalue weighted by atomic mass is 35.5. The molecule has 30 heavy (non-hydrogen) atoms. The smallest absolute Gasteiger partial charge is 0.410 e. The molecule has 0 saturated carbocycles. The average Bonchev–Trinajstić information content (AvgIpc) is 3.32. The van der Waals surface area contributed by atoms with Crippen molar-refractivity contribution in [1.29, 1.82) is 0 Å². The quantitative estimate of drug-likeness (QED) is 0.563. The third-order valence-electron chi connectivity index (χ3n) is 5.53. The number of para-hydroxylation sites is 1. The van der Waals surface area contributed by atoms with E-state index in [9.17, 15) is 9.59 Å². The Balaban J connectivity index is 1.59. The SMILES string of the molecule is CCC(=O)Nc1cccc2c(C[C@@H](C)N3C(=O)OC[C@H]3c3cccc(Cl)c3)c[nH]c12. The van der Waals surface area contributed by atoms with E-state index in [0.717, 1.165) is 27.7 Å². The molecule has 3 aromatic rings. The molecule has 156 valence electrons. The van der Waals surface area contributed by atoms with Crippen LogP contribution in [0, 0.1) is 0 Å². The van der Waals surface area contributed by atoms with E-state index in [2.05, 4.69) is 10.3 Å². The molecule has 4 rings (SSSR count). The van der Waals surface area contributed by atoms with Gasteiger partial charge in [0.05, 0.1) is 17.2 Å². The summed E-state index contributed by atoms with van der Waals surface area (Å²) in [4.78, 5) is 29.4. The molecule has 1 aliphatic heterocycles. The topological polar surface area (TPSA) is 74.4 Å². The van der Waals surface area contributed by atoms with Crippen molar-refractivity contribution in [2.24, 2.45) is 0 Å². The van der Waals surface area contributed by atoms with Gasteiger partial charge in [0.1, 0.15) is 6.61 Å². The average molecular weight is 426 g/mol. The summed E-state index contributed by atoms with van der Waals surface area (Å²) in [5.74, 6) is -0.0313. The summed E-state index contributed by atoms with van der Waals surface area (Å²) >= 11 is 6.15. The Morgan fingerprint density at radius 3 is 2.90 bits per heavy atom. The highest BCUT2D eigenvalue weighted by Gasteiger charge is 2.37. The number of benzene rings is 2. The van der Waals surface area contributed by atoms with Gasteiger partial charge in [0.15, 0.2) is 0 Å². The Hall–Kier alpha value is -2.99. The highest BCUT2D eigenvalue weighted by Crippen LogP contribution is 2.33. The van der Waals surface area contributed by atoms with Crippen molar-refractivity contribution in [1.82, 2.24) is 9.88 Å². The lowest BCUT2D eigenvalue weighted by molar-refractivity contribution is -0.115. The van der Waals surface area contributed by atoms with Crippen molar-refractivity contribution >= 4 is 40.2 Å². The fourth-order valence-corrected chi connectivity index (χ4v) is 4.23. The van der Waals surface area contributed by atoms with Crippen molar-refractivity contribution in [3.8, 4) is 0 Å². The van der Waals surface area contributed by atoms with Crippen molar-refractivity contribution in [2.45, 2.75) is 38.8 Å². The van der Waals surface area contributed by atoms with Crippen LogP contribution in [0.25, 0.3) is 10.9 Å². The maximum Gasteiger partial charge on any atom is 0.410 e. The first-order chi connectivity index (χ1) is 14.5. The van der Waals surface area contributed by atoms with E-state index in [-0.39, 0.29) is 24.1 Å². The number of amides is 2.